The second kappa shape index (κ2) is 10.8. The normalized spacial score (nSPS) is 31.0. The van der Waals surface area contributed by atoms with Crippen LogP contribution in [0.2, 0.25) is 0 Å². The van der Waals surface area contributed by atoms with E-state index in [-0.39, 0.29) is 17.8 Å². The summed E-state index contributed by atoms with van der Waals surface area (Å²) in [7, 11) is 3.62. The lowest BCUT2D eigenvalue weighted by Gasteiger charge is -2.50. The lowest BCUT2D eigenvalue weighted by Crippen LogP contribution is -2.53. The van der Waals surface area contributed by atoms with Crippen molar-refractivity contribution in [1.82, 2.24) is 19.8 Å². The molecule has 5 heterocycles. The van der Waals surface area contributed by atoms with Crippen molar-refractivity contribution in [2.45, 2.75) is 56.7 Å². The molecule has 38 heavy (non-hydrogen) atoms. The zero-order valence-corrected chi connectivity index (χ0v) is 22.6. The van der Waals surface area contributed by atoms with Crippen LogP contribution in [-0.4, -0.2) is 70.7 Å². The third-order valence-electron chi connectivity index (χ3n) is 9.61. The Morgan fingerprint density at radius 2 is 1.97 bits per heavy atom. The van der Waals surface area contributed by atoms with Crippen molar-refractivity contribution in [2.75, 3.05) is 33.8 Å². The van der Waals surface area contributed by atoms with Gasteiger partial charge in [-0.15, -0.1) is 0 Å². The average molecular weight is 517 g/mol. The fraction of sp³-hybridized carbons (Fsp3) is 0.548. The Hall–Kier alpha value is -2.74. The van der Waals surface area contributed by atoms with Gasteiger partial charge < -0.3 is 14.8 Å². The molecule has 1 saturated carbocycles. The molecule has 0 radical (unpaired) electrons. The Bertz CT molecular complexity index is 1260. The van der Waals surface area contributed by atoms with Gasteiger partial charge in [-0.05, 0) is 87.2 Å². The Labute approximate surface area is 225 Å². The molecular weight excluding hydrogens is 476 g/mol. The number of H-pyrrole nitrogens is 1. The Kier molecular flexibility index (Phi) is 7.25. The number of ether oxygens (including phenoxy) is 1. The number of likely N-dealkylation sites (tertiary alicyclic amines) is 1. The molecule has 2 aromatic heterocycles. The number of esters is 1. The number of pyridine rings is 1. The summed E-state index contributed by atoms with van der Waals surface area (Å²) in [5.74, 6) is 0.0541. The van der Waals surface area contributed by atoms with Crippen molar-refractivity contribution in [3.63, 3.8) is 0 Å². The van der Waals surface area contributed by atoms with Gasteiger partial charge in [0.2, 0.25) is 0 Å². The van der Waals surface area contributed by atoms with E-state index in [2.05, 4.69) is 57.1 Å². The van der Waals surface area contributed by atoms with Crippen molar-refractivity contribution >= 4 is 16.9 Å². The van der Waals surface area contributed by atoms with Crippen LogP contribution in [-0.2, 0) is 16.0 Å². The van der Waals surface area contributed by atoms with Gasteiger partial charge >= 0.3 is 5.97 Å². The van der Waals surface area contributed by atoms with Crippen molar-refractivity contribution in [1.29, 1.82) is 0 Å². The van der Waals surface area contributed by atoms with Crippen LogP contribution in [0.15, 0.2) is 48.8 Å². The molecule has 6 atom stereocenters. The highest BCUT2D eigenvalue weighted by atomic mass is 16.5. The number of nitrogens with one attached hydrogen (secondary N) is 1. The predicted molar refractivity (Wildman–Crippen MR) is 148 cm³/mol. The SMILES string of the molecule is CN1CCC[C@H]1c1cccnc1.COC(=O)[C@@H]1[C@H]2C[C@H]3c4[nH]c5ccccc5c4CCN3C[C@@H]2CC[C@@H]1O. The topological polar surface area (TPSA) is 81.7 Å². The summed E-state index contributed by atoms with van der Waals surface area (Å²) in [6.45, 7) is 3.32. The monoisotopic (exact) mass is 516 g/mol. The Balaban J connectivity index is 0.000000184. The number of benzene rings is 1. The molecular formula is C31H40N4O3. The first-order valence-electron chi connectivity index (χ1n) is 14.2. The van der Waals surface area contributed by atoms with Crippen molar-refractivity contribution in [3.05, 3.63) is 65.6 Å². The van der Waals surface area contributed by atoms with Crippen LogP contribution >= 0.6 is 0 Å². The van der Waals surface area contributed by atoms with E-state index in [1.54, 1.807) is 0 Å². The lowest BCUT2D eigenvalue weighted by molar-refractivity contribution is -0.160. The van der Waals surface area contributed by atoms with E-state index in [4.69, 9.17) is 4.74 Å². The van der Waals surface area contributed by atoms with E-state index in [1.807, 2.05) is 18.5 Å². The number of piperidine rings is 1. The van der Waals surface area contributed by atoms with Gasteiger partial charge in [0, 0.05) is 48.1 Å². The minimum absolute atomic E-state index is 0.199. The van der Waals surface area contributed by atoms with Gasteiger partial charge in [0.15, 0.2) is 0 Å². The molecule has 0 unspecified atom stereocenters. The fourth-order valence-electron chi connectivity index (χ4n) is 7.71. The number of nitrogens with zero attached hydrogens (tertiary/aromatic N) is 3. The number of fused-ring (bicyclic) bond motifs is 6. The predicted octanol–water partition coefficient (Wildman–Crippen LogP) is 4.50. The first kappa shape index (κ1) is 25.5. The summed E-state index contributed by atoms with van der Waals surface area (Å²) < 4.78 is 5.04. The molecule has 3 aromatic rings. The maximum atomic E-state index is 12.4. The number of aromatic nitrogens is 2. The van der Waals surface area contributed by atoms with Crippen LogP contribution in [0.4, 0.5) is 0 Å². The minimum atomic E-state index is -0.568. The molecule has 4 aliphatic rings. The molecule has 3 aliphatic heterocycles. The molecule has 0 spiro atoms. The number of methoxy groups -OCH3 is 1. The van der Waals surface area contributed by atoms with Crippen molar-refractivity contribution in [3.8, 4) is 0 Å². The van der Waals surface area contributed by atoms with E-state index in [1.165, 1.54) is 54.2 Å². The molecule has 0 amide bonds. The molecule has 202 valence electrons. The van der Waals surface area contributed by atoms with Gasteiger partial charge in [0.25, 0.3) is 0 Å². The number of rotatable bonds is 2. The summed E-state index contributed by atoms with van der Waals surface area (Å²) in [5, 5.41) is 11.8. The van der Waals surface area contributed by atoms with E-state index in [0.29, 0.717) is 24.4 Å². The number of aliphatic hydroxyl groups excluding tert-OH is 1. The Morgan fingerprint density at radius 1 is 1.11 bits per heavy atom. The van der Waals surface area contributed by atoms with Crippen LogP contribution in [0.1, 0.15) is 61.0 Å². The molecule has 0 bridgehead atoms. The highest BCUT2D eigenvalue weighted by Crippen LogP contribution is 2.49. The summed E-state index contributed by atoms with van der Waals surface area (Å²) in [4.78, 5) is 25.2. The number of carbonyl (C=O) groups excluding carboxylic acids is 1. The van der Waals surface area contributed by atoms with E-state index < -0.39 is 6.10 Å². The maximum Gasteiger partial charge on any atom is 0.311 e. The van der Waals surface area contributed by atoms with E-state index >= 15 is 0 Å². The quantitative estimate of drug-likeness (QED) is 0.489. The summed E-state index contributed by atoms with van der Waals surface area (Å²) >= 11 is 0. The molecule has 3 fully saturated rings. The fourth-order valence-corrected chi connectivity index (χ4v) is 7.71. The molecule has 1 aliphatic carbocycles. The second-order valence-electron chi connectivity index (χ2n) is 11.6. The maximum absolute atomic E-state index is 12.4. The highest BCUT2D eigenvalue weighted by Gasteiger charge is 2.49. The summed E-state index contributed by atoms with van der Waals surface area (Å²) in [6.07, 6.45) is 9.54. The van der Waals surface area contributed by atoms with Crippen LogP contribution in [0, 0.1) is 17.8 Å². The molecule has 1 aromatic carbocycles. The van der Waals surface area contributed by atoms with Crippen molar-refractivity contribution in [2.24, 2.45) is 17.8 Å². The smallest absolute Gasteiger partial charge is 0.311 e. The number of aliphatic hydroxyl groups is 1. The first-order valence-corrected chi connectivity index (χ1v) is 14.2. The van der Waals surface area contributed by atoms with Crippen LogP contribution in [0.5, 0.6) is 0 Å². The molecule has 7 rings (SSSR count). The van der Waals surface area contributed by atoms with Crippen molar-refractivity contribution < 1.29 is 14.6 Å². The number of para-hydroxylation sites is 1. The average Bonchev–Trinajstić information content (AvgIpc) is 3.56. The number of carbonyl (C=O) groups is 1. The molecule has 2 N–H and O–H groups in total. The minimum Gasteiger partial charge on any atom is -0.469 e. The number of aromatic amines is 1. The standard InChI is InChI=1S/C21H26N2O3.C10H14N2/c1-26-21(25)19-15-10-17-20-14(13-4-2-3-5-16(13)22-20)8-9-23(17)11-12(15)6-7-18(19)24;1-12-7-3-5-10(12)9-4-2-6-11-8-9/h2-5,12,15,17-19,22,24H,6-11H2,1H3;2,4,6,8,10H,3,5,7H2,1H3/t12-,15-,17-,18-,19+;10-/m00/s1. The second-order valence-corrected chi connectivity index (χ2v) is 11.6. The zero-order chi connectivity index (χ0) is 26.2. The van der Waals surface area contributed by atoms with Gasteiger partial charge in [0.05, 0.1) is 25.2 Å². The molecule has 7 heteroatoms. The third-order valence-corrected chi connectivity index (χ3v) is 9.61. The van der Waals surface area contributed by atoms with E-state index in [9.17, 15) is 9.90 Å². The zero-order valence-electron chi connectivity index (χ0n) is 22.6. The number of hydrogen-bond acceptors (Lipinski definition) is 6. The molecule has 7 nitrogen and oxygen atoms in total. The lowest BCUT2D eigenvalue weighted by atomic mass is 9.65. The largest absolute Gasteiger partial charge is 0.469 e. The van der Waals surface area contributed by atoms with Crippen LogP contribution < -0.4 is 0 Å². The van der Waals surface area contributed by atoms with Gasteiger partial charge in [-0.25, -0.2) is 0 Å². The molecule has 2 saturated heterocycles. The van der Waals surface area contributed by atoms with Gasteiger partial charge in [-0.1, -0.05) is 24.3 Å². The number of hydrogen-bond donors (Lipinski definition) is 2. The Morgan fingerprint density at radius 3 is 2.74 bits per heavy atom. The highest BCUT2D eigenvalue weighted by molar-refractivity contribution is 5.85. The summed E-state index contributed by atoms with van der Waals surface area (Å²) in [6, 6.07) is 13.6. The van der Waals surface area contributed by atoms with Gasteiger partial charge in [-0.3, -0.25) is 19.6 Å². The first-order chi connectivity index (χ1) is 18.5. The summed E-state index contributed by atoms with van der Waals surface area (Å²) in [5.41, 5.74) is 5.32. The van der Waals surface area contributed by atoms with Crippen LogP contribution in [0.25, 0.3) is 10.9 Å². The van der Waals surface area contributed by atoms with Gasteiger partial charge in [0.1, 0.15) is 0 Å². The third kappa shape index (κ3) is 4.65. The van der Waals surface area contributed by atoms with Gasteiger partial charge in [-0.2, -0.15) is 0 Å². The van der Waals surface area contributed by atoms with Crippen LogP contribution in [0.3, 0.4) is 0 Å². The van der Waals surface area contributed by atoms with E-state index in [0.717, 1.165) is 32.4 Å².